The molecule has 2 aliphatic rings. The fourth-order valence-electron chi connectivity index (χ4n) is 2.09. The van der Waals surface area contributed by atoms with Crippen molar-refractivity contribution in [2.24, 2.45) is 0 Å². The fourth-order valence-corrected chi connectivity index (χ4v) is 2.09. The van der Waals surface area contributed by atoms with Crippen molar-refractivity contribution in [2.45, 2.75) is 11.8 Å². The number of benzene rings is 1. The Morgan fingerprint density at radius 1 is 1.33 bits per heavy atom. The second-order valence-electron chi connectivity index (χ2n) is 4.11. The van der Waals surface area contributed by atoms with E-state index in [0.29, 0.717) is 13.2 Å². The van der Waals surface area contributed by atoms with E-state index in [0.717, 1.165) is 24.3 Å². The first-order valence-corrected chi connectivity index (χ1v) is 5.09. The first kappa shape index (κ1) is 8.75. The Balaban J connectivity index is 2.03. The lowest BCUT2D eigenvalue weighted by Crippen LogP contribution is -2.45. The minimum atomic E-state index is -0.405. The topological polar surface area (TPSA) is 42.2 Å². The van der Waals surface area contributed by atoms with Crippen molar-refractivity contribution in [3.05, 3.63) is 29.3 Å². The molecule has 0 spiro atoms. The minimum absolute atomic E-state index is 0.405. The van der Waals surface area contributed by atoms with Gasteiger partial charge in [0.2, 0.25) is 0 Å². The summed E-state index contributed by atoms with van der Waals surface area (Å²) < 4.78 is 10.6. The van der Waals surface area contributed by atoms with E-state index in [9.17, 15) is 5.26 Å². The van der Waals surface area contributed by atoms with Gasteiger partial charge < -0.3 is 9.47 Å². The predicted octanol–water partition coefficient (Wildman–Crippen LogP) is 1.41. The van der Waals surface area contributed by atoms with Crippen LogP contribution in [0.1, 0.15) is 11.1 Å². The monoisotopic (exact) mass is 201 g/mol. The van der Waals surface area contributed by atoms with E-state index in [1.165, 1.54) is 5.56 Å². The molecule has 0 unspecified atom stereocenters. The summed E-state index contributed by atoms with van der Waals surface area (Å²) in [5.74, 6) is 0.965. The highest BCUT2D eigenvalue weighted by atomic mass is 16.5. The van der Waals surface area contributed by atoms with Crippen molar-refractivity contribution >= 4 is 0 Å². The van der Waals surface area contributed by atoms with Gasteiger partial charge in [-0.15, -0.1) is 0 Å². The zero-order valence-electron chi connectivity index (χ0n) is 8.32. The maximum absolute atomic E-state index is 9.18. The number of nitrogens with zero attached hydrogens (tertiary/aromatic N) is 1. The molecule has 3 heteroatoms. The standard InChI is InChI=1S/C12H11NO2/c13-6-12(7-14-8-12)10-1-2-11-9(5-10)3-4-15-11/h1-2,5H,3-4,7-8H2. The molecule has 0 amide bonds. The van der Waals surface area contributed by atoms with Gasteiger partial charge in [0.1, 0.15) is 11.2 Å². The Labute approximate surface area is 88.2 Å². The highest BCUT2D eigenvalue weighted by Crippen LogP contribution is 2.35. The number of hydrogen-bond acceptors (Lipinski definition) is 3. The van der Waals surface area contributed by atoms with E-state index in [1.54, 1.807) is 0 Å². The van der Waals surface area contributed by atoms with Gasteiger partial charge in [0.15, 0.2) is 0 Å². The van der Waals surface area contributed by atoms with Gasteiger partial charge >= 0.3 is 0 Å². The molecule has 0 aliphatic carbocycles. The second-order valence-corrected chi connectivity index (χ2v) is 4.11. The molecule has 1 aromatic rings. The van der Waals surface area contributed by atoms with Crippen molar-refractivity contribution < 1.29 is 9.47 Å². The number of fused-ring (bicyclic) bond motifs is 1. The third-order valence-electron chi connectivity index (χ3n) is 3.15. The van der Waals surface area contributed by atoms with Crippen molar-refractivity contribution in [3.8, 4) is 11.8 Å². The predicted molar refractivity (Wildman–Crippen MR) is 53.8 cm³/mol. The fraction of sp³-hybridized carbons (Fsp3) is 0.417. The Morgan fingerprint density at radius 2 is 2.20 bits per heavy atom. The summed E-state index contributed by atoms with van der Waals surface area (Å²) in [6.07, 6.45) is 0.950. The van der Waals surface area contributed by atoms with Crippen molar-refractivity contribution in [2.75, 3.05) is 19.8 Å². The summed E-state index contributed by atoms with van der Waals surface area (Å²) >= 11 is 0. The van der Waals surface area contributed by atoms with E-state index in [4.69, 9.17) is 9.47 Å². The van der Waals surface area contributed by atoms with Crippen LogP contribution in [-0.4, -0.2) is 19.8 Å². The van der Waals surface area contributed by atoms with Crippen LogP contribution >= 0.6 is 0 Å². The molecule has 1 fully saturated rings. The maximum atomic E-state index is 9.18. The summed E-state index contributed by atoms with van der Waals surface area (Å²) in [5.41, 5.74) is 1.88. The van der Waals surface area contributed by atoms with Crippen LogP contribution in [0.15, 0.2) is 18.2 Å². The Hall–Kier alpha value is -1.53. The van der Waals surface area contributed by atoms with Crippen LogP contribution in [0, 0.1) is 11.3 Å². The Morgan fingerprint density at radius 3 is 2.87 bits per heavy atom. The molecule has 2 aliphatic heterocycles. The van der Waals surface area contributed by atoms with E-state index in [-0.39, 0.29) is 0 Å². The van der Waals surface area contributed by atoms with Crippen LogP contribution in [0.2, 0.25) is 0 Å². The summed E-state index contributed by atoms with van der Waals surface area (Å²) in [6.45, 7) is 1.79. The Kier molecular flexibility index (Phi) is 1.74. The van der Waals surface area contributed by atoms with Gasteiger partial charge in [-0.25, -0.2) is 0 Å². The summed E-state index contributed by atoms with van der Waals surface area (Å²) in [4.78, 5) is 0. The molecule has 1 saturated heterocycles. The first-order valence-electron chi connectivity index (χ1n) is 5.09. The molecular formula is C12H11NO2. The maximum Gasteiger partial charge on any atom is 0.129 e. The molecule has 0 bridgehead atoms. The molecule has 0 radical (unpaired) electrons. The van der Waals surface area contributed by atoms with Gasteiger partial charge in [0.05, 0.1) is 25.9 Å². The Bertz CT molecular complexity index is 443. The molecule has 0 saturated carbocycles. The molecule has 76 valence electrons. The molecule has 15 heavy (non-hydrogen) atoms. The van der Waals surface area contributed by atoms with E-state index in [1.807, 2.05) is 12.1 Å². The first-order chi connectivity index (χ1) is 7.34. The van der Waals surface area contributed by atoms with Crippen LogP contribution in [0.5, 0.6) is 5.75 Å². The highest BCUT2D eigenvalue weighted by molar-refractivity contribution is 5.45. The van der Waals surface area contributed by atoms with Crippen molar-refractivity contribution in [1.82, 2.24) is 0 Å². The van der Waals surface area contributed by atoms with Crippen LogP contribution in [-0.2, 0) is 16.6 Å². The summed E-state index contributed by atoms with van der Waals surface area (Å²) in [7, 11) is 0. The van der Waals surface area contributed by atoms with Crippen molar-refractivity contribution in [3.63, 3.8) is 0 Å². The van der Waals surface area contributed by atoms with E-state index < -0.39 is 5.41 Å². The quantitative estimate of drug-likeness (QED) is 0.690. The van der Waals surface area contributed by atoms with Gasteiger partial charge in [0, 0.05) is 6.42 Å². The van der Waals surface area contributed by atoms with Gasteiger partial charge in [-0.3, -0.25) is 0 Å². The van der Waals surface area contributed by atoms with Gasteiger partial charge in [0.25, 0.3) is 0 Å². The number of rotatable bonds is 1. The highest BCUT2D eigenvalue weighted by Gasteiger charge is 2.41. The minimum Gasteiger partial charge on any atom is -0.493 e. The van der Waals surface area contributed by atoms with Crippen LogP contribution in [0.25, 0.3) is 0 Å². The molecule has 2 heterocycles. The second kappa shape index (κ2) is 2.98. The molecule has 3 nitrogen and oxygen atoms in total. The summed E-state index contributed by atoms with van der Waals surface area (Å²) in [5, 5.41) is 9.18. The number of hydrogen-bond donors (Lipinski definition) is 0. The molecule has 0 N–H and O–H groups in total. The van der Waals surface area contributed by atoms with Crippen LogP contribution in [0.4, 0.5) is 0 Å². The van der Waals surface area contributed by atoms with Gasteiger partial charge in [-0.2, -0.15) is 5.26 Å². The molecular weight excluding hydrogens is 190 g/mol. The summed E-state index contributed by atoms with van der Waals surface area (Å²) in [6, 6.07) is 8.40. The van der Waals surface area contributed by atoms with Gasteiger partial charge in [-0.05, 0) is 17.2 Å². The lowest BCUT2D eigenvalue weighted by molar-refractivity contribution is -0.0298. The zero-order valence-corrected chi connectivity index (χ0v) is 8.32. The van der Waals surface area contributed by atoms with E-state index >= 15 is 0 Å². The SMILES string of the molecule is N#CC1(c2ccc3c(c2)CCO3)COC1. The normalized spacial score (nSPS) is 21.0. The van der Waals surface area contributed by atoms with E-state index in [2.05, 4.69) is 12.1 Å². The lowest BCUT2D eigenvalue weighted by atomic mass is 9.79. The average Bonchev–Trinajstić information content (AvgIpc) is 2.64. The molecule has 0 atom stereocenters. The van der Waals surface area contributed by atoms with Gasteiger partial charge in [-0.1, -0.05) is 12.1 Å². The smallest absolute Gasteiger partial charge is 0.129 e. The average molecular weight is 201 g/mol. The largest absolute Gasteiger partial charge is 0.493 e. The van der Waals surface area contributed by atoms with Crippen LogP contribution < -0.4 is 4.74 Å². The number of ether oxygens (including phenoxy) is 2. The number of nitriles is 1. The third kappa shape index (κ3) is 1.15. The molecule has 3 rings (SSSR count). The zero-order chi connectivity index (χ0) is 10.3. The van der Waals surface area contributed by atoms with Crippen molar-refractivity contribution in [1.29, 1.82) is 5.26 Å². The molecule has 0 aromatic heterocycles. The lowest BCUT2D eigenvalue weighted by Gasteiger charge is -2.35. The molecule has 1 aromatic carbocycles. The van der Waals surface area contributed by atoms with Crippen LogP contribution in [0.3, 0.4) is 0 Å². The third-order valence-corrected chi connectivity index (χ3v) is 3.15.